The molecule has 0 fully saturated rings. The monoisotopic (exact) mass is 658 g/mol. The summed E-state index contributed by atoms with van der Waals surface area (Å²) in [4.78, 5) is 46.4. The summed E-state index contributed by atoms with van der Waals surface area (Å²) in [6.07, 6.45) is 1.46. The molecule has 4 aromatic carbocycles. The van der Waals surface area contributed by atoms with Crippen LogP contribution in [0.15, 0.2) is 97.1 Å². The molecule has 0 spiro atoms. The summed E-state index contributed by atoms with van der Waals surface area (Å²) >= 11 is 0. The Morgan fingerprint density at radius 3 is 0.833 bits per heavy atom. The topological polar surface area (TPSA) is 203 Å². The lowest BCUT2D eigenvalue weighted by Crippen LogP contribution is -2.31. The summed E-state index contributed by atoms with van der Waals surface area (Å²) in [6.45, 7) is 3.90. The molecule has 0 aliphatic heterocycles. The van der Waals surface area contributed by atoms with Crippen molar-refractivity contribution in [2.45, 2.75) is 12.8 Å². The number of non-ortho nitro benzene ring substituents is 4. The van der Waals surface area contributed by atoms with Crippen molar-refractivity contribution in [1.82, 2.24) is 10.6 Å². The summed E-state index contributed by atoms with van der Waals surface area (Å²) in [5.74, 6) is 0. The second-order valence-corrected chi connectivity index (χ2v) is 10.6. The molecule has 0 aromatic heterocycles. The Kier molecular flexibility index (Phi) is 12.4. The summed E-state index contributed by atoms with van der Waals surface area (Å²) in [5, 5.41) is 51.1. The number of nitrogens with zero attached hydrogens (tertiary/aromatic N) is 6. The van der Waals surface area contributed by atoms with Crippen LogP contribution in [0.3, 0.4) is 0 Å². The standard InChI is InChI=1S/C32H34N8O8/c41-37(42)29-11-3-25(4-12-29)35(26-5-13-30(14-6-26)38(43)44)23-1-19-33-21-22-34-20-2-24-36(27-7-15-31(16-8-27)39(45)46)28-9-17-32(18-10-28)40(47)48/h3-18,33-34H,1-2,19-24H2. The van der Waals surface area contributed by atoms with E-state index in [1.54, 1.807) is 48.5 Å². The zero-order valence-electron chi connectivity index (χ0n) is 25.8. The Balaban J connectivity index is 1.24. The molecule has 0 unspecified atom stereocenters. The molecule has 4 rings (SSSR count). The first-order chi connectivity index (χ1) is 23.1. The highest BCUT2D eigenvalue weighted by molar-refractivity contribution is 5.66. The lowest BCUT2D eigenvalue weighted by atomic mass is 10.2. The van der Waals surface area contributed by atoms with Gasteiger partial charge in [-0.25, -0.2) is 0 Å². The Bertz CT molecular complexity index is 1440. The van der Waals surface area contributed by atoms with Crippen LogP contribution in [0, 0.1) is 40.5 Å². The smallest absolute Gasteiger partial charge is 0.269 e. The van der Waals surface area contributed by atoms with Gasteiger partial charge in [-0.2, -0.15) is 0 Å². The molecule has 0 amide bonds. The number of benzene rings is 4. The number of hydrogen-bond donors (Lipinski definition) is 2. The van der Waals surface area contributed by atoms with E-state index in [0.29, 0.717) is 39.3 Å². The lowest BCUT2D eigenvalue weighted by molar-refractivity contribution is -0.385. The van der Waals surface area contributed by atoms with Crippen LogP contribution in [0.5, 0.6) is 0 Å². The minimum atomic E-state index is -0.466. The maximum absolute atomic E-state index is 11.1. The van der Waals surface area contributed by atoms with Crippen LogP contribution in [0.2, 0.25) is 0 Å². The first kappa shape index (κ1) is 34.9. The average molecular weight is 659 g/mol. The van der Waals surface area contributed by atoms with E-state index in [1.807, 2.05) is 9.80 Å². The van der Waals surface area contributed by atoms with Gasteiger partial charge in [0.15, 0.2) is 0 Å². The van der Waals surface area contributed by atoms with Gasteiger partial charge in [-0.3, -0.25) is 40.5 Å². The third-order valence-corrected chi connectivity index (χ3v) is 7.44. The number of hydrogen-bond acceptors (Lipinski definition) is 12. The quantitative estimate of drug-likeness (QED) is 0.0651. The van der Waals surface area contributed by atoms with Crippen molar-refractivity contribution in [2.24, 2.45) is 0 Å². The lowest BCUT2D eigenvalue weighted by Gasteiger charge is -2.25. The molecule has 0 aliphatic rings. The molecule has 0 saturated heterocycles. The Labute approximate surface area is 275 Å². The van der Waals surface area contributed by atoms with Crippen LogP contribution < -0.4 is 20.4 Å². The van der Waals surface area contributed by atoms with Crippen molar-refractivity contribution in [2.75, 3.05) is 49.1 Å². The SMILES string of the molecule is O=[N+]([O-])c1ccc(N(CCCNCCNCCCN(c2ccc([N+](=O)[O-])cc2)c2ccc([N+](=O)[O-])cc2)c2ccc([N+](=O)[O-])cc2)cc1. The fourth-order valence-electron chi connectivity index (χ4n) is 4.98. The molecule has 250 valence electrons. The van der Waals surface area contributed by atoms with E-state index in [4.69, 9.17) is 0 Å². The van der Waals surface area contributed by atoms with Crippen LogP contribution in [0.1, 0.15) is 12.8 Å². The van der Waals surface area contributed by atoms with Crippen molar-refractivity contribution in [3.05, 3.63) is 138 Å². The van der Waals surface area contributed by atoms with Gasteiger partial charge >= 0.3 is 0 Å². The van der Waals surface area contributed by atoms with Gasteiger partial charge in [-0.05, 0) is 74.5 Å². The number of nitro groups is 4. The third-order valence-electron chi connectivity index (χ3n) is 7.44. The molecule has 0 atom stereocenters. The Hall–Kier alpha value is -6.00. The number of rotatable bonds is 19. The van der Waals surface area contributed by atoms with Crippen LogP contribution in [0.25, 0.3) is 0 Å². The maximum Gasteiger partial charge on any atom is 0.269 e. The van der Waals surface area contributed by atoms with Gasteiger partial charge in [0.25, 0.3) is 22.7 Å². The van der Waals surface area contributed by atoms with Crippen molar-refractivity contribution in [3.63, 3.8) is 0 Å². The molecular formula is C32H34N8O8. The van der Waals surface area contributed by atoms with E-state index in [-0.39, 0.29) is 22.7 Å². The highest BCUT2D eigenvalue weighted by Crippen LogP contribution is 2.30. The van der Waals surface area contributed by atoms with E-state index in [9.17, 15) is 40.5 Å². The zero-order chi connectivity index (χ0) is 34.5. The molecule has 0 radical (unpaired) electrons. The first-order valence-corrected chi connectivity index (χ1v) is 15.1. The van der Waals surface area contributed by atoms with Crippen LogP contribution in [0.4, 0.5) is 45.5 Å². The second kappa shape index (κ2) is 17.1. The molecule has 48 heavy (non-hydrogen) atoms. The minimum absolute atomic E-state index is 0.0260. The Morgan fingerprint density at radius 1 is 0.396 bits per heavy atom. The van der Waals surface area contributed by atoms with Crippen molar-refractivity contribution >= 4 is 45.5 Å². The van der Waals surface area contributed by atoms with Gasteiger partial charge in [0, 0.05) is 97.5 Å². The molecule has 2 N–H and O–H groups in total. The number of anilines is 4. The summed E-state index contributed by atoms with van der Waals surface area (Å²) in [6, 6.07) is 24.6. The Morgan fingerprint density at radius 2 is 0.625 bits per heavy atom. The largest absolute Gasteiger partial charge is 0.341 e. The fraction of sp³-hybridized carbons (Fsp3) is 0.250. The normalized spacial score (nSPS) is 10.8. The molecular weight excluding hydrogens is 624 g/mol. The average Bonchev–Trinajstić information content (AvgIpc) is 3.09. The van der Waals surface area contributed by atoms with E-state index < -0.39 is 19.7 Å². The van der Waals surface area contributed by atoms with Crippen LogP contribution in [-0.2, 0) is 0 Å². The molecule has 0 aliphatic carbocycles. The summed E-state index contributed by atoms with van der Waals surface area (Å²) in [7, 11) is 0. The van der Waals surface area contributed by atoms with E-state index in [2.05, 4.69) is 10.6 Å². The second-order valence-electron chi connectivity index (χ2n) is 10.6. The predicted octanol–water partition coefficient (Wildman–Crippen LogP) is 6.26. The van der Waals surface area contributed by atoms with Gasteiger partial charge in [-0.1, -0.05) is 0 Å². The van der Waals surface area contributed by atoms with Crippen LogP contribution in [-0.4, -0.2) is 59.0 Å². The highest BCUT2D eigenvalue weighted by atomic mass is 16.6. The van der Waals surface area contributed by atoms with E-state index in [1.165, 1.54) is 48.5 Å². The van der Waals surface area contributed by atoms with E-state index in [0.717, 1.165) is 35.6 Å². The third kappa shape index (κ3) is 9.75. The zero-order valence-corrected chi connectivity index (χ0v) is 25.8. The van der Waals surface area contributed by atoms with E-state index >= 15 is 0 Å². The van der Waals surface area contributed by atoms with Crippen molar-refractivity contribution in [3.8, 4) is 0 Å². The predicted molar refractivity (Wildman–Crippen MR) is 181 cm³/mol. The maximum atomic E-state index is 11.1. The van der Waals surface area contributed by atoms with Crippen molar-refractivity contribution in [1.29, 1.82) is 0 Å². The minimum Gasteiger partial charge on any atom is -0.341 e. The number of nitrogens with one attached hydrogen (secondary N) is 2. The van der Waals surface area contributed by atoms with Gasteiger partial charge in [0.05, 0.1) is 19.7 Å². The highest BCUT2D eigenvalue weighted by Gasteiger charge is 2.15. The van der Waals surface area contributed by atoms with Crippen molar-refractivity contribution < 1.29 is 19.7 Å². The van der Waals surface area contributed by atoms with Gasteiger partial charge in [-0.15, -0.1) is 0 Å². The molecule has 16 heteroatoms. The number of nitro benzene ring substituents is 4. The molecule has 0 heterocycles. The van der Waals surface area contributed by atoms with Crippen LogP contribution >= 0.6 is 0 Å². The molecule has 16 nitrogen and oxygen atoms in total. The summed E-state index contributed by atoms with van der Waals surface area (Å²) in [5.41, 5.74) is 2.81. The molecule has 4 aromatic rings. The molecule has 0 bridgehead atoms. The van der Waals surface area contributed by atoms with Gasteiger partial charge < -0.3 is 20.4 Å². The first-order valence-electron chi connectivity index (χ1n) is 15.1. The van der Waals surface area contributed by atoms with Gasteiger partial charge in [0.2, 0.25) is 0 Å². The summed E-state index contributed by atoms with van der Waals surface area (Å²) < 4.78 is 0. The van der Waals surface area contributed by atoms with Gasteiger partial charge in [0.1, 0.15) is 0 Å². The fourth-order valence-corrected chi connectivity index (χ4v) is 4.98. The molecule has 0 saturated carbocycles.